The van der Waals surface area contributed by atoms with Crippen LogP contribution in [0.15, 0.2) is 23.2 Å². The molecule has 0 atom stereocenters. The zero-order valence-electron chi connectivity index (χ0n) is 13.5. The summed E-state index contributed by atoms with van der Waals surface area (Å²) in [7, 11) is 3.40. The third kappa shape index (κ3) is 6.49. The molecule has 21 heavy (non-hydrogen) atoms. The Kier molecular flexibility index (Phi) is 8.28. The highest BCUT2D eigenvalue weighted by atomic mass is 16.5. The van der Waals surface area contributed by atoms with Crippen LogP contribution in [0.25, 0.3) is 0 Å². The van der Waals surface area contributed by atoms with E-state index in [-0.39, 0.29) is 0 Å². The van der Waals surface area contributed by atoms with Crippen LogP contribution in [0, 0.1) is 6.92 Å². The molecule has 0 heterocycles. The summed E-state index contributed by atoms with van der Waals surface area (Å²) < 4.78 is 10.3. The van der Waals surface area contributed by atoms with Crippen molar-refractivity contribution in [2.24, 2.45) is 4.99 Å². The van der Waals surface area contributed by atoms with Crippen molar-refractivity contribution >= 4 is 5.96 Å². The van der Waals surface area contributed by atoms with Gasteiger partial charge in [0.1, 0.15) is 5.75 Å². The summed E-state index contributed by atoms with van der Waals surface area (Å²) in [4.78, 5) is 4.59. The van der Waals surface area contributed by atoms with Gasteiger partial charge in [-0.2, -0.15) is 0 Å². The number of hydrogen-bond acceptors (Lipinski definition) is 3. The van der Waals surface area contributed by atoms with Gasteiger partial charge in [-0.05, 0) is 37.5 Å². The molecule has 0 fully saturated rings. The number of ether oxygens (including phenoxy) is 2. The lowest BCUT2D eigenvalue weighted by atomic mass is 10.1. The maximum absolute atomic E-state index is 5.27. The van der Waals surface area contributed by atoms with Crippen LogP contribution in [-0.2, 0) is 11.3 Å². The van der Waals surface area contributed by atoms with E-state index in [1.165, 1.54) is 5.56 Å². The molecule has 0 aromatic heterocycles. The van der Waals surface area contributed by atoms with E-state index in [9.17, 15) is 0 Å². The molecule has 0 amide bonds. The second-order valence-electron chi connectivity index (χ2n) is 4.77. The van der Waals surface area contributed by atoms with Crippen LogP contribution >= 0.6 is 0 Å². The molecule has 0 bridgehead atoms. The molecule has 0 radical (unpaired) electrons. The molecule has 2 N–H and O–H groups in total. The van der Waals surface area contributed by atoms with Crippen LogP contribution in [-0.4, -0.2) is 39.9 Å². The van der Waals surface area contributed by atoms with E-state index < -0.39 is 0 Å². The van der Waals surface area contributed by atoms with Gasteiger partial charge < -0.3 is 20.1 Å². The van der Waals surface area contributed by atoms with Crippen molar-refractivity contribution in [3.63, 3.8) is 0 Å². The molecule has 1 aromatic rings. The molecule has 118 valence electrons. The van der Waals surface area contributed by atoms with Crippen LogP contribution in [0.3, 0.4) is 0 Å². The minimum absolute atomic E-state index is 0.643. The number of aryl methyl sites for hydroxylation is 1. The summed E-state index contributed by atoms with van der Waals surface area (Å²) in [5.41, 5.74) is 2.30. The fraction of sp³-hybridized carbons (Fsp3) is 0.562. The lowest BCUT2D eigenvalue weighted by Gasteiger charge is -2.11. The molecule has 5 heteroatoms. The molecule has 0 aliphatic heterocycles. The normalized spacial score (nSPS) is 11.3. The van der Waals surface area contributed by atoms with E-state index in [0.717, 1.165) is 43.4 Å². The molecule has 5 nitrogen and oxygen atoms in total. The summed E-state index contributed by atoms with van der Waals surface area (Å²) in [5, 5.41) is 6.54. The summed E-state index contributed by atoms with van der Waals surface area (Å²) in [5.74, 6) is 1.74. The van der Waals surface area contributed by atoms with Gasteiger partial charge in [0.25, 0.3) is 0 Å². The fourth-order valence-electron chi connectivity index (χ4n) is 1.97. The molecule has 1 aromatic carbocycles. The summed E-state index contributed by atoms with van der Waals surface area (Å²) in [6.45, 7) is 7.19. The van der Waals surface area contributed by atoms with Gasteiger partial charge in [0, 0.05) is 26.8 Å². The number of guanidine groups is 1. The van der Waals surface area contributed by atoms with Crippen molar-refractivity contribution in [3.8, 4) is 5.75 Å². The first-order valence-electron chi connectivity index (χ1n) is 7.35. The van der Waals surface area contributed by atoms with E-state index >= 15 is 0 Å². The van der Waals surface area contributed by atoms with Crippen molar-refractivity contribution in [2.75, 3.05) is 33.9 Å². The molecular formula is C16H27N3O2. The number of hydrogen-bond donors (Lipinski definition) is 2. The third-order valence-electron chi connectivity index (χ3n) is 3.04. The molecule has 0 saturated carbocycles. The van der Waals surface area contributed by atoms with Crippen molar-refractivity contribution in [1.29, 1.82) is 0 Å². The Hall–Kier alpha value is -1.75. The SMILES string of the molecule is CCNC(=NCc1ccc(OC)c(C)c1)NCCCOC. The topological polar surface area (TPSA) is 54.9 Å². The zero-order valence-corrected chi connectivity index (χ0v) is 13.5. The maximum atomic E-state index is 5.27. The van der Waals surface area contributed by atoms with Crippen LogP contribution in [0.2, 0.25) is 0 Å². The molecule has 0 aliphatic rings. The van der Waals surface area contributed by atoms with Crippen LogP contribution in [0.1, 0.15) is 24.5 Å². The quantitative estimate of drug-likeness (QED) is 0.438. The van der Waals surface area contributed by atoms with Gasteiger partial charge in [0.15, 0.2) is 5.96 Å². The second kappa shape index (κ2) is 10.0. The van der Waals surface area contributed by atoms with E-state index in [1.54, 1.807) is 14.2 Å². The first-order chi connectivity index (χ1) is 10.2. The van der Waals surface area contributed by atoms with Gasteiger partial charge >= 0.3 is 0 Å². The minimum atomic E-state index is 0.643. The average Bonchev–Trinajstić information content (AvgIpc) is 2.49. The summed E-state index contributed by atoms with van der Waals surface area (Å²) >= 11 is 0. The Morgan fingerprint density at radius 1 is 1.24 bits per heavy atom. The van der Waals surface area contributed by atoms with E-state index in [0.29, 0.717) is 6.54 Å². The minimum Gasteiger partial charge on any atom is -0.496 e. The first kappa shape index (κ1) is 17.3. The third-order valence-corrected chi connectivity index (χ3v) is 3.04. The number of benzene rings is 1. The summed E-state index contributed by atoms with van der Waals surface area (Å²) in [6.07, 6.45) is 0.961. The summed E-state index contributed by atoms with van der Waals surface area (Å²) in [6, 6.07) is 6.14. The highest BCUT2D eigenvalue weighted by molar-refractivity contribution is 5.79. The number of nitrogens with zero attached hydrogens (tertiary/aromatic N) is 1. The highest BCUT2D eigenvalue weighted by Gasteiger charge is 2.01. The van der Waals surface area contributed by atoms with Crippen molar-refractivity contribution < 1.29 is 9.47 Å². The predicted molar refractivity (Wildman–Crippen MR) is 87.0 cm³/mol. The van der Waals surface area contributed by atoms with Crippen molar-refractivity contribution in [1.82, 2.24) is 10.6 Å². The van der Waals surface area contributed by atoms with Gasteiger partial charge in [0.2, 0.25) is 0 Å². The molecule has 0 spiro atoms. The van der Waals surface area contributed by atoms with E-state index in [4.69, 9.17) is 9.47 Å². The van der Waals surface area contributed by atoms with Crippen molar-refractivity contribution in [2.45, 2.75) is 26.8 Å². The lowest BCUT2D eigenvalue weighted by Crippen LogP contribution is -2.38. The Labute approximate surface area is 127 Å². The van der Waals surface area contributed by atoms with Gasteiger partial charge in [0.05, 0.1) is 13.7 Å². The number of rotatable bonds is 8. The van der Waals surface area contributed by atoms with Crippen LogP contribution < -0.4 is 15.4 Å². The monoisotopic (exact) mass is 293 g/mol. The number of methoxy groups -OCH3 is 2. The fourth-order valence-corrected chi connectivity index (χ4v) is 1.97. The molecule has 0 aliphatic carbocycles. The van der Waals surface area contributed by atoms with Gasteiger partial charge in [-0.1, -0.05) is 12.1 Å². The Morgan fingerprint density at radius 2 is 2.05 bits per heavy atom. The van der Waals surface area contributed by atoms with Gasteiger partial charge in [-0.15, -0.1) is 0 Å². The van der Waals surface area contributed by atoms with Gasteiger partial charge in [-0.25, -0.2) is 4.99 Å². The lowest BCUT2D eigenvalue weighted by molar-refractivity contribution is 0.195. The standard InChI is InChI=1S/C16H27N3O2/c1-5-17-16(18-9-6-10-20-3)19-12-14-7-8-15(21-4)13(2)11-14/h7-8,11H,5-6,9-10,12H2,1-4H3,(H2,17,18,19). The molecule has 1 rings (SSSR count). The first-order valence-corrected chi connectivity index (χ1v) is 7.35. The van der Waals surface area contributed by atoms with Crippen LogP contribution in [0.5, 0.6) is 5.75 Å². The molecular weight excluding hydrogens is 266 g/mol. The number of aliphatic imine (C=N–C) groups is 1. The Morgan fingerprint density at radius 3 is 2.67 bits per heavy atom. The largest absolute Gasteiger partial charge is 0.496 e. The van der Waals surface area contributed by atoms with Gasteiger partial charge in [-0.3, -0.25) is 0 Å². The van der Waals surface area contributed by atoms with E-state index in [1.807, 2.05) is 19.1 Å². The van der Waals surface area contributed by atoms with Crippen LogP contribution in [0.4, 0.5) is 0 Å². The second-order valence-corrected chi connectivity index (χ2v) is 4.77. The Bertz CT molecular complexity index is 447. The molecule has 0 unspecified atom stereocenters. The number of nitrogens with one attached hydrogen (secondary N) is 2. The smallest absolute Gasteiger partial charge is 0.191 e. The zero-order chi connectivity index (χ0) is 15.5. The molecule has 0 saturated heterocycles. The maximum Gasteiger partial charge on any atom is 0.191 e. The van der Waals surface area contributed by atoms with Crippen molar-refractivity contribution in [3.05, 3.63) is 29.3 Å². The van der Waals surface area contributed by atoms with E-state index in [2.05, 4.69) is 28.6 Å². The average molecular weight is 293 g/mol. The highest BCUT2D eigenvalue weighted by Crippen LogP contribution is 2.18. The predicted octanol–water partition coefficient (Wildman–Crippen LogP) is 2.10. The Balaban J connectivity index is 2.58.